The molecule has 0 aromatic heterocycles. The normalized spacial score (nSPS) is 16.1. The highest BCUT2D eigenvalue weighted by molar-refractivity contribution is 6.19. The molecule has 5 nitrogen and oxygen atoms in total. The van der Waals surface area contributed by atoms with Crippen molar-refractivity contribution < 1.29 is 19.4 Å². The van der Waals surface area contributed by atoms with Gasteiger partial charge in [0.2, 0.25) is 0 Å². The summed E-state index contributed by atoms with van der Waals surface area (Å²) in [7, 11) is 1.57. The topological polar surface area (TPSA) is 66.8 Å². The molecule has 32 heavy (non-hydrogen) atoms. The fraction of sp³-hybridized carbons (Fsp3) is 0.111. The van der Waals surface area contributed by atoms with Crippen molar-refractivity contribution in [2.45, 2.75) is 13.0 Å². The van der Waals surface area contributed by atoms with Gasteiger partial charge in [0.15, 0.2) is 11.5 Å². The van der Waals surface area contributed by atoms with Crippen molar-refractivity contribution >= 4 is 23.5 Å². The molecule has 1 amide bonds. The average molecular weight is 425 g/mol. The summed E-state index contributed by atoms with van der Waals surface area (Å²) in [6, 6.07) is 23.2. The molecule has 1 N–H and O–H groups in total. The van der Waals surface area contributed by atoms with Gasteiger partial charge >= 0.3 is 0 Å². The van der Waals surface area contributed by atoms with Crippen LogP contribution in [0.2, 0.25) is 0 Å². The van der Waals surface area contributed by atoms with Crippen LogP contribution in [0.25, 0.3) is 6.08 Å². The molecule has 1 aliphatic rings. The maximum Gasteiger partial charge on any atom is 0.294 e. The molecule has 1 atom stereocenters. The van der Waals surface area contributed by atoms with E-state index in [2.05, 4.69) is 0 Å². The Balaban J connectivity index is 1.79. The number of aryl methyl sites for hydroxylation is 1. The van der Waals surface area contributed by atoms with E-state index in [4.69, 9.17) is 4.74 Å². The number of methoxy groups -OCH3 is 1. The Kier molecular flexibility index (Phi) is 5.90. The van der Waals surface area contributed by atoms with Crippen molar-refractivity contribution in [2.75, 3.05) is 12.0 Å². The van der Waals surface area contributed by atoms with Crippen molar-refractivity contribution in [3.05, 3.63) is 113 Å². The molecule has 0 aliphatic carbocycles. The smallest absolute Gasteiger partial charge is 0.294 e. The van der Waals surface area contributed by atoms with Gasteiger partial charge in [0.1, 0.15) is 5.75 Å². The number of aliphatic hydroxyl groups is 1. The molecule has 0 fully saturated rings. The predicted molar refractivity (Wildman–Crippen MR) is 125 cm³/mol. The van der Waals surface area contributed by atoms with Crippen LogP contribution in [0.5, 0.6) is 5.75 Å². The quantitative estimate of drug-likeness (QED) is 0.552. The van der Waals surface area contributed by atoms with Crippen LogP contribution in [-0.2, 0) is 9.59 Å². The highest BCUT2D eigenvalue weighted by Gasteiger charge is 2.43. The number of hydrogen-bond donors (Lipinski definition) is 1. The molecule has 3 aromatic rings. The first-order valence-electron chi connectivity index (χ1n) is 10.2. The van der Waals surface area contributed by atoms with Gasteiger partial charge in [0.25, 0.3) is 5.91 Å². The summed E-state index contributed by atoms with van der Waals surface area (Å²) in [5, 5.41) is 10.8. The number of amides is 1. The lowest BCUT2D eigenvalue weighted by Crippen LogP contribution is -2.30. The lowest BCUT2D eigenvalue weighted by atomic mass is 9.95. The zero-order chi connectivity index (χ0) is 22.7. The average Bonchev–Trinajstić information content (AvgIpc) is 3.09. The van der Waals surface area contributed by atoms with Crippen molar-refractivity contribution in [2.24, 2.45) is 0 Å². The molecular weight excluding hydrogens is 402 g/mol. The number of nitrogens with zero attached hydrogens (tertiary/aromatic N) is 1. The summed E-state index contributed by atoms with van der Waals surface area (Å²) >= 11 is 0. The van der Waals surface area contributed by atoms with Gasteiger partial charge in [-0.2, -0.15) is 0 Å². The minimum absolute atomic E-state index is 0.0499. The third-order valence-electron chi connectivity index (χ3n) is 5.41. The molecule has 5 heteroatoms. The molecule has 0 radical (unpaired) electrons. The van der Waals surface area contributed by atoms with Crippen molar-refractivity contribution in [1.82, 2.24) is 0 Å². The molecule has 3 aromatic carbocycles. The molecule has 1 unspecified atom stereocenters. The summed E-state index contributed by atoms with van der Waals surface area (Å²) in [6.07, 6.45) is 3.07. The number of benzene rings is 3. The number of carbonyl (C=O) groups is 2. The zero-order valence-corrected chi connectivity index (χ0v) is 17.9. The number of hydrogen-bond acceptors (Lipinski definition) is 4. The highest BCUT2D eigenvalue weighted by Crippen LogP contribution is 2.41. The molecule has 4 rings (SSSR count). The van der Waals surface area contributed by atoms with Crippen LogP contribution in [-0.4, -0.2) is 23.9 Å². The Hall–Kier alpha value is -4.12. The van der Waals surface area contributed by atoms with Crippen LogP contribution in [0.3, 0.4) is 0 Å². The van der Waals surface area contributed by atoms with E-state index in [0.717, 1.165) is 11.1 Å². The largest absolute Gasteiger partial charge is 0.503 e. The van der Waals surface area contributed by atoms with Gasteiger partial charge < -0.3 is 9.84 Å². The SMILES string of the molecule is COc1ccc(C2C(C(=O)C=Cc3ccccc3)=C(O)C(=O)N2c2cccc(C)c2)cc1. The van der Waals surface area contributed by atoms with E-state index in [1.54, 1.807) is 43.5 Å². The van der Waals surface area contributed by atoms with Gasteiger partial charge in [0, 0.05) is 5.69 Å². The Labute approximate surface area is 186 Å². The molecule has 1 aliphatic heterocycles. The van der Waals surface area contributed by atoms with Gasteiger partial charge in [-0.1, -0.05) is 60.7 Å². The fourth-order valence-corrected chi connectivity index (χ4v) is 3.83. The van der Waals surface area contributed by atoms with Gasteiger partial charge in [0.05, 0.1) is 18.7 Å². The molecule has 0 spiro atoms. The van der Waals surface area contributed by atoms with Gasteiger partial charge in [-0.25, -0.2) is 0 Å². The lowest BCUT2D eigenvalue weighted by molar-refractivity contribution is -0.117. The third-order valence-corrected chi connectivity index (χ3v) is 5.41. The summed E-state index contributed by atoms with van der Waals surface area (Å²) in [5.41, 5.74) is 3.17. The number of rotatable bonds is 6. The Morgan fingerprint density at radius 1 is 1.00 bits per heavy atom. The van der Waals surface area contributed by atoms with E-state index in [0.29, 0.717) is 17.0 Å². The monoisotopic (exact) mass is 425 g/mol. The third kappa shape index (κ3) is 4.05. The molecule has 0 bridgehead atoms. The predicted octanol–water partition coefficient (Wildman–Crippen LogP) is 5.19. The maximum absolute atomic E-state index is 13.2. The molecule has 160 valence electrons. The summed E-state index contributed by atoms with van der Waals surface area (Å²) < 4.78 is 5.24. The highest BCUT2D eigenvalue weighted by atomic mass is 16.5. The van der Waals surface area contributed by atoms with Crippen LogP contribution < -0.4 is 9.64 Å². The minimum Gasteiger partial charge on any atom is -0.503 e. The summed E-state index contributed by atoms with van der Waals surface area (Å²) in [6.45, 7) is 1.92. The molecule has 0 saturated carbocycles. The summed E-state index contributed by atoms with van der Waals surface area (Å²) in [5.74, 6) is -0.899. The van der Waals surface area contributed by atoms with Crippen LogP contribution >= 0.6 is 0 Å². The number of allylic oxidation sites excluding steroid dienone is 1. The van der Waals surface area contributed by atoms with Crippen molar-refractivity contribution in [3.63, 3.8) is 0 Å². The van der Waals surface area contributed by atoms with E-state index >= 15 is 0 Å². The second kappa shape index (κ2) is 8.94. The number of ketones is 1. The Bertz CT molecular complexity index is 1210. The number of carbonyl (C=O) groups excluding carboxylic acids is 2. The maximum atomic E-state index is 13.2. The first-order chi connectivity index (χ1) is 15.5. The van der Waals surface area contributed by atoms with E-state index in [-0.39, 0.29) is 5.57 Å². The van der Waals surface area contributed by atoms with Crippen LogP contribution in [0.15, 0.2) is 96.3 Å². The minimum atomic E-state index is -0.761. The van der Waals surface area contributed by atoms with E-state index < -0.39 is 23.5 Å². The number of aliphatic hydroxyl groups excluding tert-OH is 1. The first kappa shape index (κ1) is 21.1. The second-order valence-corrected chi connectivity index (χ2v) is 7.56. The molecular formula is C27H23NO4. The Morgan fingerprint density at radius 2 is 1.72 bits per heavy atom. The van der Waals surface area contributed by atoms with Gasteiger partial charge in [-0.05, 0) is 54.0 Å². The number of ether oxygens (including phenoxy) is 1. The van der Waals surface area contributed by atoms with Crippen LogP contribution in [0, 0.1) is 6.92 Å². The lowest BCUT2D eigenvalue weighted by Gasteiger charge is -2.27. The molecule has 0 saturated heterocycles. The van der Waals surface area contributed by atoms with Crippen molar-refractivity contribution in [1.29, 1.82) is 0 Å². The van der Waals surface area contributed by atoms with Gasteiger partial charge in [-0.3, -0.25) is 14.5 Å². The van der Waals surface area contributed by atoms with Crippen LogP contribution in [0.1, 0.15) is 22.7 Å². The second-order valence-electron chi connectivity index (χ2n) is 7.56. The van der Waals surface area contributed by atoms with Crippen LogP contribution in [0.4, 0.5) is 5.69 Å². The zero-order valence-electron chi connectivity index (χ0n) is 17.9. The Morgan fingerprint density at radius 3 is 2.38 bits per heavy atom. The van der Waals surface area contributed by atoms with Gasteiger partial charge in [-0.15, -0.1) is 0 Å². The van der Waals surface area contributed by atoms with Crippen molar-refractivity contribution in [3.8, 4) is 5.75 Å². The van der Waals surface area contributed by atoms with E-state index in [1.807, 2.05) is 55.5 Å². The number of anilines is 1. The molecule has 1 heterocycles. The standard InChI is InChI=1S/C27H23NO4/c1-18-7-6-10-21(17-18)28-25(20-12-14-22(32-2)15-13-20)24(26(30)27(28)31)23(29)16-11-19-8-4-3-5-9-19/h3-17,25,30H,1-2H3. The first-order valence-corrected chi connectivity index (χ1v) is 10.2. The van der Waals surface area contributed by atoms with E-state index in [1.165, 1.54) is 11.0 Å². The summed E-state index contributed by atoms with van der Waals surface area (Å²) in [4.78, 5) is 27.8. The van der Waals surface area contributed by atoms with E-state index in [9.17, 15) is 14.7 Å². The fourth-order valence-electron chi connectivity index (χ4n) is 3.83.